The number of amides is 7. The summed E-state index contributed by atoms with van der Waals surface area (Å²) < 4.78 is 23.7. The lowest BCUT2D eigenvalue weighted by atomic mass is 10.0. The zero-order valence-electron chi connectivity index (χ0n) is 39.3. The van der Waals surface area contributed by atoms with E-state index in [9.17, 15) is 53.0 Å². The third-order valence-electron chi connectivity index (χ3n) is 10.7. The van der Waals surface area contributed by atoms with E-state index in [2.05, 4.69) is 49.2 Å². The first-order valence-corrected chi connectivity index (χ1v) is 24.3. The molecule has 0 radical (unpaired) electrons. The highest BCUT2D eigenvalue weighted by Crippen LogP contribution is 2.37. The van der Waals surface area contributed by atoms with E-state index >= 15 is 0 Å². The van der Waals surface area contributed by atoms with Gasteiger partial charge in [-0.05, 0) is 77.4 Å². The SMILES string of the molecule is CC(C)C[C@H](NC(=O)[C@@H]1CCCN1C(=O)CCOC(C)(C)CCOC(C)(C)CCNC(=O)CCS)C(=O)N[C@@H](Cc1cnc[nH]1)C(=O)N[C@@H](CO)C(=O)N[C@H](C(N)=O)C(C)CP(=O)(O)O.N. The first-order chi connectivity index (χ1) is 30.3. The molecule has 1 aliphatic heterocycles. The van der Waals surface area contributed by atoms with Gasteiger partial charge in [0, 0.05) is 37.8 Å². The van der Waals surface area contributed by atoms with Crippen molar-refractivity contribution in [2.24, 2.45) is 17.6 Å². The summed E-state index contributed by atoms with van der Waals surface area (Å²) in [6.45, 7) is 12.9. The number of hydrogen-bond donors (Lipinski definition) is 12. The molecule has 378 valence electrons. The maximum atomic E-state index is 13.9. The Labute approximate surface area is 392 Å². The Morgan fingerprint density at radius 1 is 0.924 bits per heavy atom. The smallest absolute Gasteiger partial charge is 0.325 e. The van der Waals surface area contributed by atoms with E-state index in [0.717, 1.165) is 0 Å². The number of ether oxygens (including phenoxy) is 2. The molecule has 66 heavy (non-hydrogen) atoms. The normalized spacial score (nSPS) is 16.5. The van der Waals surface area contributed by atoms with E-state index < -0.39 is 97.2 Å². The lowest BCUT2D eigenvalue weighted by Gasteiger charge is -2.30. The van der Waals surface area contributed by atoms with Crippen LogP contribution in [-0.2, 0) is 54.0 Å². The Morgan fingerprint density at radius 2 is 1.53 bits per heavy atom. The molecule has 0 aromatic carbocycles. The fourth-order valence-corrected chi connectivity index (χ4v) is 8.23. The van der Waals surface area contributed by atoms with Crippen LogP contribution in [0.15, 0.2) is 12.5 Å². The van der Waals surface area contributed by atoms with Gasteiger partial charge in [0.15, 0.2) is 0 Å². The Hall–Kier alpha value is -4.16. The van der Waals surface area contributed by atoms with Crippen molar-refractivity contribution >= 4 is 61.6 Å². The van der Waals surface area contributed by atoms with Gasteiger partial charge in [-0.25, -0.2) is 4.98 Å². The van der Waals surface area contributed by atoms with Crippen molar-refractivity contribution in [3.8, 4) is 0 Å². The molecule has 1 aliphatic rings. The second kappa shape index (κ2) is 28.2. The van der Waals surface area contributed by atoms with E-state index in [1.54, 1.807) is 0 Å². The lowest BCUT2D eigenvalue weighted by Crippen LogP contribution is -2.60. The predicted octanol–water partition coefficient (Wildman–Crippen LogP) is -0.421. The summed E-state index contributed by atoms with van der Waals surface area (Å²) in [5, 5.41) is 22.9. The number of nitrogens with one attached hydrogen (secondary N) is 6. The summed E-state index contributed by atoms with van der Waals surface area (Å²) >= 11 is 4.07. The number of likely N-dealkylation sites (tertiary alicyclic amines) is 1. The maximum absolute atomic E-state index is 13.9. The molecule has 1 saturated heterocycles. The van der Waals surface area contributed by atoms with Crippen LogP contribution in [0.25, 0.3) is 0 Å². The van der Waals surface area contributed by atoms with E-state index in [1.165, 1.54) is 24.3 Å². The Morgan fingerprint density at radius 3 is 2.11 bits per heavy atom. The van der Waals surface area contributed by atoms with E-state index in [-0.39, 0.29) is 49.8 Å². The van der Waals surface area contributed by atoms with Crippen LogP contribution in [0.4, 0.5) is 0 Å². The highest BCUT2D eigenvalue weighted by Gasteiger charge is 2.38. The number of aliphatic hydroxyl groups is 1. The maximum Gasteiger partial charge on any atom is 0.325 e. The van der Waals surface area contributed by atoms with Gasteiger partial charge in [-0.3, -0.25) is 38.1 Å². The number of imidazole rings is 1. The fourth-order valence-electron chi connectivity index (χ4n) is 7.07. The Balaban J connectivity index is 0.0000218. The number of carbonyl (C=O) groups is 7. The number of primary amides is 1. The number of hydrogen-bond acceptors (Lipinski definition) is 14. The fraction of sp³-hybridized carbons (Fsp3) is 0.756. The molecule has 0 spiro atoms. The van der Waals surface area contributed by atoms with Crippen molar-refractivity contribution < 1.29 is 62.5 Å². The third kappa shape index (κ3) is 22.1. The second-order valence-corrected chi connectivity index (χ2v) is 20.2. The molecule has 1 unspecified atom stereocenters. The molecule has 1 fully saturated rings. The van der Waals surface area contributed by atoms with Crippen LogP contribution in [0.2, 0.25) is 0 Å². The number of nitrogens with two attached hydrogens (primary N) is 1. The van der Waals surface area contributed by atoms with Gasteiger partial charge >= 0.3 is 7.60 Å². The predicted molar refractivity (Wildman–Crippen MR) is 247 cm³/mol. The topological polar surface area (TPSA) is 369 Å². The molecule has 6 atom stereocenters. The van der Waals surface area contributed by atoms with Gasteiger partial charge in [0.1, 0.15) is 30.2 Å². The molecule has 0 aliphatic carbocycles. The molecule has 2 heterocycles. The van der Waals surface area contributed by atoms with E-state index in [1.807, 2.05) is 41.5 Å². The summed E-state index contributed by atoms with van der Waals surface area (Å²) in [4.78, 5) is 119. The van der Waals surface area contributed by atoms with Crippen molar-refractivity contribution in [3.63, 3.8) is 0 Å². The number of aliphatic hydroxyl groups excluding tert-OH is 1. The quantitative estimate of drug-likeness (QED) is 0.0344. The van der Waals surface area contributed by atoms with Gasteiger partial charge < -0.3 is 72.7 Å². The van der Waals surface area contributed by atoms with Gasteiger partial charge in [-0.1, -0.05) is 20.8 Å². The molecule has 23 nitrogen and oxygen atoms in total. The molecule has 25 heteroatoms. The molecule has 0 saturated carbocycles. The number of thiol groups is 1. The molecule has 14 N–H and O–H groups in total. The van der Waals surface area contributed by atoms with E-state index in [4.69, 9.17) is 15.2 Å². The Bertz CT molecular complexity index is 1780. The third-order valence-corrected chi connectivity index (χ3v) is 12.0. The first-order valence-electron chi connectivity index (χ1n) is 21.9. The van der Waals surface area contributed by atoms with Crippen LogP contribution < -0.4 is 38.5 Å². The van der Waals surface area contributed by atoms with Crippen molar-refractivity contribution in [3.05, 3.63) is 18.2 Å². The number of carbonyl (C=O) groups excluding carboxylic acids is 7. The minimum Gasteiger partial charge on any atom is -0.394 e. The highest BCUT2D eigenvalue weighted by molar-refractivity contribution is 7.80. The number of aromatic nitrogens is 2. The molecule has 1 aromatic heterocycles. The number of nitrogens with zero attached hydrogens (tertiary/aromatic N) is 2. The largest absolute Gasteiger partial charge is 0.394 e. The Kier molecular flexibility index (Phi) is 25.6. The standard InChI is InChI=1S/C41H72N9O13PS.H3N/c1-25(2)19-28(36(55)46-29(20-27-21-43-24-45-27)37(56)48-30(22-51)38(57)49-34(35(42)54)26(3)23-64(59,60)61)47-39(58)31-9-8-15-50(31)33(53)10-16-62-41(6,7)13-17-63-40(4,5)12-14-44-32(52)11-18-65;/h21,24-26,28-31,34,51,65H,8-20,22-23H2,1-7H3,(H2,42,54)(H,43,45)(H,44,52)(H,46,55)(H,47,58)(H,48,56)(H,49,57)(H2,59,60,61);1H3/t26?,28-,29-,30-,31-,34-;/m0./s1. The van der Waals surface area contributed by atoms with Crippen LogP contribution in [0, 0.1) is 11.8 Å². The van der Waals surface area contributed by atoms with Crippen LogP contribution in [-0.4, -0.2) is 157 Å². The van der Waals surface area contributed by atoms with Crippen molar-refractivity contribution in [1.29, 1.82) is 0 Å². The zero-order chi connectivity index (χ0) is 49.1. The molecular formula is C41H75N10O13PS. The summed E-state index contributed by atoms with van der Waals surface area (Å²) in [6.07, 6.45) is 4.36. The zero-order valence-corrected chi connectivity index (χ0v) is 41.1. The van der Waals surface area contributed by atoms with Gasteiger partial charge in [0.05, 0.1) is 49.9 Å². The summed E-state index contributed by atoms with van der Waals surface area (Å²) in [6, 6.07) is -6.67. The molecule has 0 bridgehead atoms. The summed E-state index contributed by atoms with van der Waals surface area (Å²) in [5.74, 6) is -5.54. The van der Waals surface area contributed by atoms with Crippen LogP contribution in [0.5, 0.6) is 0 Å². The van der Waals surface area contributed by atoms with Gasteiger partial charge in [0.2, 0.25) is 41.4 Å². The highest BCUT2D eigenvalue weighted by atomic mass is 32.1. The monoisotopic (exact) mass is 978 g/mol. The van der Waals surface area contributed by atoms with Gasteiger partial charge in [-0.2, -0.15) is 12.6 Å². The molecule has 2 rings (SSSR count). The van der Waals surface area contributed by atoms with Crippen molar-refractivity contribution in [2.75, 3.05) is 44.8 Å². The lowest BCUT2D eigenvalue weighted by molar-refractivity contribution is -0.141. The van der Waals surface area contributed by atoms with E-state index in [0.29, 0.717) is 63.2 Å². The van der Waals surface area contributed by atoms with Crippen molar-refractivity contribution in [2.45, 2.75) is 141 Å². The molecular weight excluding hydrogens is 904 g/mol. The summed E-state index contributed by atoms with van der Waals surface area (Å²) in [7, 11) is -4.61. The van der Waals surface area contributed by atoms with Gasteiger partial charge in [0.25, 0.3) is 0 Å². The van der Waals surface area contributed by atoms with Gasteiger partial charge in [-0.15, -0.1) is 0 Å². The second-order valence-electron chi connectivity index (χ2n) is 18.0. The van der Waals surface area contributed by atoms with Crippen molar-refractivity contribution in [1.82, 2.24) is 47.6 Å². The van der Waals surface area contributed by atoms with Crippen LogP contribution >= 0.6 is 20.2 Å². The minimum absolute atomic E-state index is 0. The van der Waals surface area contributed by atoms with Crippen LogP contribution in [0.1, 0.15) is 99.1 Å². The van der Waals surface area contributed by atoms with Crippen LogP contribution in [0.3, 0.4) is 0 Å². The minimum atomic E-state index is -4.61. The number of H-pyrrole nitrogens is 1. The molecule has 7 amide bonds. The number of aromatic amines is 1. The average Bonchev–Trinajstić information content (AvgIpc) is 3.90. The summed E-state index contributed by atoms with van der Waals surface area (Å²) in [5.41, 5.74) is 4.68. The first kappa shape index (κ1) is 59.9. The molecule has 1 aromatic rings. The average molecular weight is 979 g/mol. The number of rotatable bonds is 30.